The molecular formula is C5H13ClSi2. The first-order valence-electron chi connectivity index (χ1n) is 3.10. The topological polar surface area (TPSA) is 0 Å². The van der Waals surface area contributed by atoms with Crippen LogP contribution in [-0.4, -0.2) is 15.5 Å². The molecule has 1 aliphatic heterocycles. The van der Waals surface area contributed by atoms with Gasteiger partial charge in [0.05, 0.1) is 0 Å². The Balaban J connectivity index is 2.42. The second-order valence-corrected chi connectivity index (χ2v) is 16.7. The normalized spacial score (nSPS) is 31.5. The first-order chi connectivity index (χ1) is 3.41. The standard InChI is InChI=1S/C5H13ClSi2/c1-7(2)4-8(3,6)5-7/h4-5H2,1-3H3. The zero-order chi connectivity index (χ0) is 6.41. The summed E-state index contributed by atoms with van der Waals surface area (Å²) in [6.45, 7) is 7.15. The van der Waals surface area contributed by atoms with Gasteiger partial charge in [0, 0.05) is 8.07 Å². The van der Waals surface area contributed by atoms with Gasteiger partial charge in [-0.25, -0.2) is 0 Å². The molecule has 0 aromatic rings. The molecule has 0 radical (unpaired) electrons. The van der Waals surface area contributed by atoms with Crippen molar-refractivity contribution in [3.05, 3.63) is 0 Å². The van der Waals surface area contributed by atoms with Crippen LogP contribution in [0, 0.1) is 0 Å². The van der Waals surface area contributed by atoms with Gasteiger partial charge in [0.15, 0.2) is 0 Å². The Morgan fingerprint density at radius 1 is 1.12 bits per heavy atom. The molecule has 0 nitrogen and oxygen atoms in total. The summed E-state index contributed by atoms with van der Waals surface area (Å²) in [5, 5.41) is 0. The van der Waals surface area contributed by atoms with E-state index in [4.69, 9.17) is 11.1 Å². The molecule has 3 heteroatoms. The van der Waals surface area contributed by atoms with Gasteiger partial charge in [0.1, 0.15) is 7.38 Å². The fourth-order valence-corrected chi connectivity index (χ4v) is 24.0. The second kappa shape index (κ2) is 1.61. The highest BCUT2D eigenvalue weighted by atomic mass is 35.6. The van der Waals surface area contributed by atoms with E-state index >= 15 is 0 Å². The Bertz CT molecular complexity index is 87.0. The molecular weight excluding hydrogens is 152 g/mol. The highest BCUT2D eigenvalue weighted by molar-refractivity contribution is 7.34. The molecule has 0 bridgehead atoms. The van der Waals surface area contributed by atoms with E-state index in [-0.39, 0.29) is 0 Å². The number of rotatable bonds is 0. The number of hydrogen-bond acceptors (Lipinski definition) is 0. The Morgan fingerprint density at radius 3 is 1.50 bits per heavy atom. The largest absolute Gasteiger partial charge is 0.168 e. The number of hydrogen-bond donors (Lipinski definition) is 0. The fraction of sp³-hybridized carbons (Fsp3) is 1.00. The Morgan fingerprint density at radius 2 is 1.50 bits per heavy atom. The second-order valence-electron chi connectivity index (χ2n) is 3.93. The molecule has 1 saturated heterocycles. The molecule has 0 atom stereocenters. The molecule has 0 aromatic carbocycles. The predicted molar refractivity (Wildman–Crippen MR) is 44.6 cm³/mol. The molecule has 0 N–H and O–H groups in total. The Kier molecular flexibility index (Phi) is 1.38. The highest BCUT2D eigenvalue weighted by Gasteiger charge is 2.47. The lowest BCUT2D eigenvalue weighted by molar-refractivity contribution is 1.39. The molecule has 0 aliphatic carbocycles. The molecule has 8 heavy (non-hydrogen) atoms. The third-order valence-electron chi connectivity index (χ3n) is 1.69. The summed E-state index contributed by atoms with van der Waals surface area (Å²) < 4.78 is 0. The number of halogens is 1. The molecule has 0 aromatic heterocycles. The van der Waals surface area contributed by atoms with Crippen LogP contribution in [0.2, 0.25) is 31.0 Å². The molecule has 0 unspecified atom stereocenters. The maximum atomic E-state index is 6.16. The van der Waals surface area contributed by atoms with E-state index in [2.05, 4.69) is 19.6 Å². The van der Waals surface area contributed by atoms with Crippen molar-refractivity contribution in [3.8, 4) is 0 Å². The maximum Gasteiger partial charge on any atom is 0.148 e. The third-order valence-corrected chi connectivity index (χ3v) is 17.7. The monoisotopic (exact) mass is 164 g/mol. The van der Waals surface area contributed by atoms with Crippen LogP contribution in [0.3, 0.4) is 0 Å². The molecule has 0 spiro atoms. The van der Waals surface area contributed by atoms with Gasteiger partial charge >= 0.3 is 0 Å². The summed E-state index contributed by atoms with van der Waals surface area (Å²) >= 11 is 6.16. The molecule has 48 valence electrons. The summed E-state index contributed by atoms with van der Waals surface area (Å²) in [7, 11) is -1.71. The van der Waals surface area contributed by atoms with Crippen LogP contribution >= 0.6 is 11.1 Å². The minimum atomic E-state index is -1.05. The Labute approximate surface area is 58.0 Å². The summed E-state index contributed by atoms with van der Waals surface area (Å²) in [6, 6.07) is 0. The fourth-order valence-electron chi connectivity index (χ4n) is 1.94. The van der Waals surface area contributed by atoms with E-state index in [1.807, 2.05) is 0 Å². The average molecular weight is 165 g/mol. The van der Waals surface area contributed by atoms with E-state index < -0.39 is 15.5 Å². The van der Waals surface area contributed by atoms with Crippen molar-refractivity contribution in [2.75, 3.05) is 0 Å². The van der Waals surface area contributed by atoms with Gasteiger partial charge in [-0.05, 0) is 11.3 Å². The van der Waals surface area contributed by atoms with Crippen LogP contribution in [0.4, 0.5) is 0 Å². The SMILES string of the molecule is C[Si]1(C)C[Si](C)(Cl)C1. The average Bonchev–Trinajstić information content (AvgIpc) is 1.20. The van der Waals surface area contributed by atoms with Crippen molar-refractivity contribution in [1.29, 1.82) is 0 Å². The summed E-state index contributed by atoms with van der Waals surface area (Å²) in [6.07, 6.45) is 0. The molecule has 1 aliphatic rings. The molecule has 1 heterocycles. The van der Waals surface area contributed by atoms with Crippen LogP contribution in [0.1, 0.15) is 0 Å². The van der Waals surface area contributed by atoms with Crippen molar-refractivity contribution in [2.24, 2.45) is 0 Å². The third kappa shape index (κ3) is 1.36. The molecule has 1 fully saturated rings. The van der Waals surface area contributed by atoms with Gasteiger partial charge in [-0.15, -0.1) is 0 Å². The van der Waals surface area contributed by atoms with Crippen molar-refractivity contribution in [2.45, 2.75) is 31.0 Å². The van der Waals surface area contributed by atoms with Crippen molar-refractivity contribution in [3.63, 3.8) is 0 Å². The van der Waals surface area contributed by atoms with E-state index in [1.165, 1.54) is 11.3 Å². The van der Waals surface area contributed by atoms with Gasteiger partial charge < -0.3 is 0 Å². The van der Waals surface area contributed by atoms with Gasteiger partial charge in [0.25, 0.3) is 0 Å². The first kappa shape index (κ1) is 6.84. The lowest BCUT2D eigenvalue weighted by atomic mass is 11.7. The van der Waals surface area contributed by atoms with Gasteiger partial charge in [-0.1, -0.05) is 19.6 Å². The van der Waals surface area contributed by atoms with Gasteiger partial charge in [0.2, 0.25) is 0 Å². The predicted octanol–water partition coefficient (Wildman–Crippen LogP) is 2.60. The van der Waals surface area contributed by atoms with E-state index in [0.29, 0.717) is 0 Å². The summed E-state index contributed by atoms with van der Waals surface area (Å²) in [4.78, 5) is 0. The van der Waals surface area contributed by atoms with E-state index in [1.54, 1.807) is 0 Å². The van der Waals surface area contributed by atoms with Crippen molar-refractivity contribution in [1.82, 2.24) is 0 Å². The first-order valence-corrected chi connectivity index (χ1v) is 10.4. The van der Waals surface area contributed by atoms with Crippen LogP contribution in [0.15, 0.2) is 0 Å². The molecule has 0 amide bonds. The van der Waals surface area contributed by atoms with Gasteiger partial charge in [-0.3, -0.25) is 0 Å². The summed E-state index contributed by atoms with van der Waals surface area (Å²) in [5.41, 5.74) is 2.89. The zero-order valence-corrected chi connectivity index (χ0v) is 8.55. The van der Waals surface area contributed by atoms with Gasteiger partial charge in [-0.2, -0.15) is 11.1 Å². The van der Waals surface area contributed by atoms with Crippen LogP contribution in [0.25, 0.3) is 0 Å². The maximum absolute atomic E-state index is 6.16. The van der Waals surface area contributed by atoms with Crippen LogP contribution in [0.5, 0.6) is 0 Å². The van der Waals surface area contributed by atoms with Crippen LogP contribution in [-0.2, 0) is 0 Å². The molecule has 0 saturated carbocycles. The quantitative estimate of drug-likeness (QED) is 0.382. The van der Waals surface area contributed by atoms with Crippen LogP contribution < -0.4 is 0 Å². The minimum absolute atomic E-state index is 0.656. The van der Waals surface area contributed by atoms with Crippen molar-refractivity contribution < 1.29 is 0 Å². The highest BCUT2D eigenvalue weighted by Crippen LogP contribution is 2.42. The lowest BCUT2D eigenvalue weighted by Gasteiger charge is -2.43. The van der Waals surface area contributed by atoms with E-state index in [9.17, 15) is 0 Å². The lowest BCUT2D eigenvalue weighted by Crippen LogP contribution is -2.53. The zero-order valence-electron chi connectivity index (χ0n) is 5.79. The Hall–Kier alpha value is 0.724. The minimum Gasteiger partial charge on any atom is -0.168 e. The van der Waals surface area contributed by atoms with E-state index in [0.717, 1.165) is 0 Å². The smallest absolute Gasteiger partial charge is 0.148 e. The summed E-state index contributed by atoms with van der Waals surface area (Å²) in [5.74, 6) is 0. The van der Waals surface area contributed by atoms with Crippen molar-refractivity contribution >= 4 is 26.5 Å². The molecule has 1 rings (SSSR count).